The first-order valence-corrected chi connectivity index (χ1v) is 8.08. The number of hydrogen-bond acceptors (Lipinski definition) is 3. The Kier molecular flexibility index (Phi) is 4.57. The number of hydrogen-bond donors (Lipinski definition) is 2. The van der Waals surface area contributed by atoms with Gasteiger partial charge in [0.2, 0.25) is 5.91 Å². The number of aryl methyl sites for hydroxylation is 1. The SMILES string of the molecule is Cc1cc(Cl)cc(Cl)c1CNC(=O)[C@@H]1C[C@@H](O)c2ncccc21. The largest absolute Gasteiger partial charge is 0.387 e. The van der Waals surface area contributed by atoms with Crippen molar-refractivity contribution in [1.29, 1.82) is 0 Å². The Labute approximate surface area is 144 Å². The smallest absolute Gasteiger partial charge is 0.227 e. The molecule has 2 atom stereocenters. The van der Waals surface area contributed by atoms with E-state index in [1.807, 2.05) is 19.1 Å². The van der Waals surface area contributed by atoms with Gasteiger partial charge in [-0.2, -0.15) is 0 Å². The molecule has 1 aromatic heterocycles. The van der Waals surface area contributed by atoms with Crippen molar-refractivity contribution in [3.63, 3.8) is 0 Å². The van der Waals surface area contributed by atoms with Crippen LogP contribution in [0.5, 0.6) is 0 Å². The number of aromatic nitrogens is 1. The molecular weight excluding hydrogens is 335 g/mol. The second kappa shape index (κ2) is 6.48. The van der Waals surface area contributed by atoms with Crippen LogP contribution < -0.4 is 5.32 Å². The standard InChI is InChI=1S/C17H16Cl2N2O2/c1-9-5-10(18)6-14(19)13(9)8-21-17(23)12-7-15(22)16-11(12)3-2-4-20-16/h2-6,12,15,22H,7-8H2,1H3,(H,21,23)/t12-,15-/m1/s1. The lowest BCUT2D eigenvalue weighted by molar-refractivity contribution is -0.123. The Morgan fingerprint density at radius 3 is 2.96 bits per heavy atom. The van der Waals surface area contributed by atoms with Gasteiger partial charge in [0.15, 0.2) is 0 Å². The van der Waals surface area contributed by atoms with Crippen LogP contribution in [-0.4, -0.2) is 16.0 Å². The van der Waals surface area contributed by atoms with E-state index in [0.29, 0.717) is 28.7 Å². The number of carbonyl (C=O) groups is 1. The van der Waals surface area contributed by atoms with E-state index in [4.69, 9.17) is 23.2 Å². The fourth-order valence-corrected chi connectivity index (χ4v) is 3.63. The zero-order chi connectivity index (χ0) is 16.6. The second-order valence-corrected chi connectivity index (χ2v) is 6.53. The van der Waals surface area contributed by atoms with Gasteiger partial charge in [-0.1, -0.05) is 29.3 Å². The van der Waals surface area contributed by atoms with Gasteiger partial charge >= 0.3 is 0 Å². The molecule has 4 nitrogen and oxygen atoms in total. The summed E-state index contributed by atoms with van der Waals surface area (Å²) in [5.41, 5.74) is 3.15. The molecule has 0 fully saturated rings. The quantitative estimate of drug-likeness (QED) is 0.889. The number of nitrogens with one attached hydrogen (secondary N) is 1. The molecule has 6 heteroatoms. The van der Waals surface area contributed by atoms with Crippen molar-refractivity contribution in [2.24, 2.45) is 0 Å². The van der Waals surface area contributed by atoms with Crippen LogP contribution in [0.3, 0.4) is 0 Å². The third-order valence-corrected chi connectivity index (χ3v) is 4.72. The highest BCUT2D eigenvalue weighted by molar-refractivity contribution is 6.35. The van der Waals surface area contributed by atoms with Crippen LogP contribution in [0.2, 0.25) is 10.0 Å². The summed E-state index contributed by atoms with van der Waals surface area (Å²) < 4.78 is 0. The topological polar surface area (TPSA) is 62.2 Å². The molecule has 1 aromatic carbocycles. The molecular formula is C17H16Cl2N2O2. The van der Waals surface area contributed by atoms with E-state index in [9.17, 15) is 9.90 Å². The highest BCUT2D eigenvalue weighted by Gasteiger charge is 2.35. The van der Waals surface area contributed by atoms with Crippen molar-refractivity contribution >= 4 is 29.1 Å². The summed E-state index contributed by atoms with van der Waals surface area (Å²) >= 11 is 12.2. The fraction of sp³-hybridized carbons (Fsp3) is 0.294. The van der Waals surface area contributed by atoms with Crippen molar-refractivity contribution in [1.82, 2.24) is 10.3 Å². The first-order chi connectivity index (χ1) is 11.0. The average Bonchev–Trinajstić information content (AvgIpc) is 2.84. The molecule has 1 heterocycles. The Morgan fingerprint density at radius 1 is 1.43 bits per heavy atom. The first kappa shape index (κ1) is 16.2. The van der Waals surface area contributed by atoms with Gasteiger partial charge < -0.3 is 10.4 Å². The van der Waals surface area contributed by atoms with E-state index in [2.05, 4.69) is 10.3 Å². The number of pyridine rings is 1. The minimum Gasteiger partial charge on any atom is -0.387 e. The molecule has 0 aliphatic heterocycles. The highest BCUT2D eigenvalue weighted by atomic mass is 35.5. The van der Waals surface area contributed by atoms with Crippen molar-refractivity contribution in [2.45, 2.75) is 31.9 Å². The molecule has 0 saturated heterocycles. The molecule has 0 saturated carbocycles. The predicted molar refractivity (Wildman–Crippen MR) is 89.6 cm³/mol. The monoisotopic (exact) mass is 350 g/mol. The minimum atomic E-state index is -0.692. The fourth-order valence-electron chi connectivity index (χ4n) is 2.97. The molecule has 0 spiro atoms. The third kappa shape index (κ3) is 3.20. The molecule has 1 aliphatic carbocycles. The highest BCUT2D eigenvalue weighted by Crippen LogP contribution is 2.38. The van der Waals surface area contributed by atoms with Crippen molar-refractivity contribution in [2.75, 3.05) is 0 Å². The number of halogens is 2. The maximum Gasteiger partial charge on any atom is 0.227 e. The Balaban J connectivity index is 1.74. The number of nitrogens with zero attached hydrogens (tertiary/aromatic N) is 1. The number of amides is 1. The molecule has 120 valence electrons. The minimum absolute atomic E-state index is 0.138. The molecule has 1 aliphatic rings. The van der Waals surface area contributed by atoms with Gasteiger partial charge in [0.1, 0.15) is 0 Å². The third-order valence-electron chi connectivity index (χ3n) is 4.16. The Bertz CT molecular complexity index is 741. The maximum absolute atomic E-state index is 12.5. The van der Waals surface area contributed by atoms with Crippen LogP contribution in [0.25, 0.3) is 0 Å². The number of aliphatic hydroxyl groups excluding tert-OH is 1. The van der Waals surface area contributed by atoms with E-state index >= 15 is 0 Å². The van der Waals surface area contributed by atoms with E-state index in [-0.39, 0.29) is 11.8 Å². The molecule has 0 radical (unpaired) electrons. The van der Waals surface area contributed by atoms with Crippen LogP contribution in [0.15, 0.2) is 30.5 Å². The van der Waals surface area contributed by atoms with Crippen LogP contribution in [-0.2, 0) is 11.3 Å². The lowest BCUT2D eigenvalue weighted by atomic mass is 10.0. The number of rotatable bonds is 3. The molecule has 23 heavy (non-hydrogen) atoms. The summed E-state index contributed by atoms with van der Waals surface area (Å²) in [6, 6.07) is 7.09. The van der Waals surface area contributed by atoms with Crippen LogP contribution in [0, 0.1) is 6.92 Å². The summed E-state index contributed by atoms with van der Waals surface area (Å²) in [6.07, 6.45) is 1.29. The zero-order valence-corrected chi connectivity index (χ0v) is 14.0. The number of aliphatic hydroxyl groups is 1. The summed E-state index contributed by atoms with van der Waals surface area (Å²) in [6.45, 7) is 2.22. The van der Waals surface area contributed by atoms with Gasteiger partial charge in [-0.05, 0) is 48.2 Å². The average molecular weight is 351 g/mol. The lowest BCUT2D eigenvalue weighted by Gasteiger charge is -2.14. The summed E-state index contributed by atoms with van der Waals surface area (Å²) in [5.74, 6) is -0.527. The Morgan fingerprint density at radius 2 is 2.22 bits per heavy atom. The van der Waals surface area contributed by atoms with Crippen LogP contribution >= 0.6 is 23.2 Å². The van der Waals surface area contributed by atoms with Gasteiger partial charge in [-0.15, -0.1) is 0 Å². The molecule has 0 bridgehead atoms. The second-order valence-electron chi connectivity index (χ2n) is 5.68. The van der Waals surface area contributed by atoms with E-state index in [0.717, 1.165) is 16.7 Å². The lowest BCUT2D eigenvalue weighted by Crippen LogP contribution is -2.28. The Hall–Kier alpha value is -1.62. The van der Waals surface area contributed by atoms with Gasteiger partial charge in [0.05, 0.1) is 17.7 Å². The number of carbonyl (C=O) groups excluding carboxylic acids is 1. The molecule has 2 N–H and O–H groups in total. The van der Waals surface area contributed by atoms with Gasteiger partial charge in [-0.25, -0.2) is 0 Å². The van der Waals surface area contributed by atoms with Gasteiger partial charge in [0.25, 0.3) is 0 Å². The van der Waals surface area contributed by atoms with E-state index in [1.165, 1.54) is 0 Å². The zero-order valence-electron chi connectivity index (χ0n) is 12.5. The van der Waals surface area contributed by atoms with E-state index in [1.54, 1.807) is 18.3 Å². The van der Waals surface area contributed by atoms with Gasteiger partial charge in [-0.3, -0.25) is 9.78 Å². The predicted octanol–water partition coefficient (Wildman–Crippen LogP) is 3.53. The van der Waals surface area contributed by atoms with E-state index < -0.39 is 6.10 Å². The van der Waals surface area contributed by atoms with Crippen LogP contribution in [0.4, 0.5) is 0 Å². The van der Waals surface area contributed by atoms with Crippen molar-refractivity contribution in [3.8, 4) is 0 Å². The summed E-state index contributed by atoms with van der Waals surface area (Å²) in [7, 11) is 0. The molecule has 0 unspecified atom stereocenters. The normalized spacial score (nSPS) is 19.5. The van der Waals surface area contributed by atoms with Crippen LogP contribution in [0.1, 0.15) is 40.8 Å². The number of fused-ring (bicyclic) bond motifs is 1. The van der Waals surface area contributed by atoms with Crippen molar-refractivity contribution < 1.29 is 9.90 Å². The molecule has 1 amide bonds. The summed E-state index contributed by atoms with van der Waals surface area (Å²) in [4.78, 5) is 16.7. The van der Waals surface area contributed by atoms with Gasteiger partial charge in [0, 0.05) is 22.8 Å². The summed E-state index contributed by atoms with van der Waals surface area (Å²) in [5, 5.41) is 14.0. The number of benzene rings is 1. The van der Waals surface area contributed by atoms with Crippen molar-refractivity contribution in [3.05, 3.63) is 62.9 Å². The first-order valence-electron chi connectivity index (χ1n) is 7.32. The molecule has 2 aromatic rings. The molecule has 3 rings (SSSR count). The maximum atomic E-state index is 12.5.